The third kappa shape index (κ3) is 1.80. The van der Waals surface area contributed by atoms with Gasteiger partial charge in [-0.05, 0) is 19.1 Å². The molecule has 17 heavy (non-hydrogen) atoms. The first kappa shape index (κ1) is 10.3. The molecule has 1 aromatic carbocycles. The first-order valence-corrected chi connectivity index (χ1v) is 5.16. The number of ether oxygens (including phenoxy) is 1. The smallest absolute Gasteiger partial charge is 0.182 e. The molecule has 2 heterocycles. The van der Waals surface area contributed by atoms with E-state index in [0.29, 0.717) is 18.3 Å². The van der Waals surface area contributed by atoms with Crippen LogP contribution < -0.4 is 0 Å². The third-order valence-electron chi connectivity index (χ3n) is 2.54. The molecule has 1 aliphatic rings. The zero-order chi connectivity index (χ0) is 12.0. The Labute approximate surface area is 95.8 Å². The van der Waals surface area contributed by atoms with Gasteiger partial charge < -0.3 is 4.74 Å². The molecule has 2 aromatic rings. The summed E-state index contributed by atoms with van der Waals surface area (Å²) in [5.74, 6) is -0.205. The van der Waals surface area contributed by atoms with Crippen LogP contribution in [-0.4, -0.2) is 21.4 Å². The van der Waals surface area contributed by atoms with E-state index >= 15 is 0 Å². The van der Waals surface area contributed by atoms with Gasteiger partial charge in [0.05, 0.1) is 6.61 Å². The highest BCUT2D eigenvalue weighted by Gasteiger charge is 2.30. The van der Waals surface area contributed by atoms with Gasteiger partial charge in [0.25, 0.3) is 0 Å². The maximum Gasteiger partial charge on any atom is 0.182 e. The predicted octanol–water partition coefficient (Wildman–Crippen LogP) is 1.93. The van der Waals surface area contributed by atoms with E-state index < -0.39 is 11.6 Å². The van der Waals surface area contributed by atoms with Crippen molar-refractivity contribution in [2.45, 2.75) is 13.0 Å². The van der Waals surface area contributed by atoms with Crippen molar-refractivity contribution >= 4 is 0 Å². The molecule has 1 aliphatic heterocycles. The van der Waals surface area contributed by atoms with Gasteiger partial charge >= 0.3 is 0 Å². The first-order chi connectivity index (χ1) is 8.15. The van der Waals surface area contributed by atoms with Crippen molar-refractivity contribution in [3.05, 3.63) is 41.5 Å². The van der Waals surface area contributed by atoms with Crippen LogP contribution in [0.15, 0.2) is 18.2 Å². The van der Waals surface area contributed by atoms with Gasteiger partial charge in [-0.3, -0.25) is 0 Å². The topological polar surface area (TPSA) is 43.2 Å². The van der Waals surface area contributed by atoms with Crippen molar-refractivity contribution in [2.24, 2.45) is 0 Å². The van der Waals surface area contributed by atoms with Gasteiger partial charge in [0.2, 0.25) is 0 Å². The lowest BCUT2D eigenvalue weighted by atomic mass is 10.3. The van der Waals surface area contributed by atoms with Crippen LogP contribution in [0.5, 0.6) is 0 Å². The number of hydrogen-bond acceptors (Lipinski definition) is 3. The van der Waals surface area contributed by atoms with Crippen LogP contribution in [-0.2, 0) is 4.74 Å². The van der Waals surface area contributed by atoms with Crippen LogP contribution in [0, 0.1) is 18.6 Å². The average molecular weight is 237 g/mol. The normalized spacial score (nSPS) is 18.4. The largest absolute Gasteiger partial charge is 0.365 e. The summed E-state index contributed by atoms with van der Waals surface area (Å²) in [5.41, 5.74) is 0.184. The Balaban J connectivity index is 2.07. The molecule has 1 saturated heterocycles. The molecule has 4 nitrogen and oxygen atoms in total. The average Bonchev–Trinajstić information content (AvgIpc) is 3.04. The fraction of sp³-hybridized carbons (Fsp3) is 0.273. The Morgan fingerprint density at radius 3 is 2.82 bits per heavy atom. The Bertz CT molecular complexity index is 578. The van der Waals surface area contributed by atoms with Crippen LogP contribution in [0.3, 0.4) is 0 Å². The third-order valence-corrected chi connectivity index (χ3v) is 2.54. The van der Waals surface area contributed by atoms with E-state index in [1.807, 2.05) is 0 Å². The van der Waals surface area contributed by atoms with E-state index in [9.17, 15) is 8.78 Å². The summed E-state index contributed by atoms with van der Waals surface area (Å²) in [6, 6.07) is 3.35. The van der Waals surface area contributed by atoms with Crippen molar-refractivity contribution in [1.82, 2.24) is 14.8 Å². The van der Waals surface area contributed by atoms with Gasteiger partial charge in [-0.25, -0.2) is 18.4 Å². The van der Waals surface area contributed by atoms with Crippen LogP contribution >= 0.6 is 0 Å². The molecule has 1 unspecified atom stereocenters. The van der Waals surface area contributed by atoms with Crippen molar-refractivity contribution in [3.63, 3.8) is 0 Å². The molecule has 1 atom stereocenters. The number of hydrogen-bond donors (Lipinski definition) is 0. The molecular weight excluding hydrogens is 228 g/mol. The summed E-state index contributed by atoms with van der Waals surface area (Å²) in [6.45, 7) is 2.30. The second-order valence-corrected chi connectivity index (χ2v) is 3.85. The van der Waals surface area contributed by atoms with Gasteiger partial charge in [-0.15, -0.1) is 5.10 Å². The first-order valence-electron chi connectivity index (χ1n) is 5.16. The molecule has 3 rings (SSSR count). The number of aromatic nitrogens is 3. The molecule has 6 heteroatoms. The molecule has 1 fully saturated rings. The summed E-state index contributed by atoms with van der Waals surface area (Å²) >= 11 is 0. The van der Waals surface area contributed by atoms with Gasteiger partial charge in [0, 0.05) is 6.07 Å². The molecule has 0 bridgehead atoms. The molecule has 1 aromatic heterocycles. The number of epoxide rings is 1. The Morgan fingerprint density at radius 2 is 2.18 bits per heavy atom. The summed E-state index contributed by atoms with van der Waals surface area (Å²) < 4.78 is 32.8. The summed E-state index contributed by atoms with van der Waals surface area (Å²) in [4.78, 5) is 4.18. The molecule has 0 spiro atoms. The zero-order valence-corrected chi connectivity index (χ0v) is 9.02. The lowest BCUT2D eigenvalue weighted by Gasteiger charge is -2.03. The minimum atomic E-state index is -0.665. The zero-order valence-electron chi connectivity index (χ0n) is 9.02. The van der Waals surface area contributed by atoms with E-state index in [4.69, 9.17) is 4.74 Å². The fourth-order valence-electron chi connectivity index (χ4n) is 1.63. The number of rotatable bonds is 2. The maximum absolute atomic E-state index is 13.6. The molecule has 0 radical (unpaired) electrons. The molecule has 0 N–H and O–H groups in total. The number of nitrogens with zero attached hydrogens (tertiary/aromatic N) is 3. The molecule has 0 amide bonds. The highest BCUT2D eigenvalue weighted by molar-refractivity contribution is 5.33. The highest BCUT2D eigenvalue weighted by Crippen LogP contribution is 2.27. The van der Waals surface area contributed by atoms with Crippen molar-refractivity contribution in [2.75, 3.05) is 6.61 Å². The highest BCUT2D eigenvalue weighted by atomic mass is 19.1. The van der Waals surface area contributed by atoms with E-state index in [1.165, 1.54) is 16.8 Å². The Morgan fingerprint density at radius 1 is 1.41 bits per heavy atom. The van der Waals surface area contributed by atoms with Crippen molar-refractivity contribution in [1.29, 1.82) is 0 Å². The molecule has 88 valence electrons. The lowest BCUT2D eigenvalue weighted by molar-refractivity contribution is 0.406. The Hall–Kier alpha value is -1.82. The lowest BCUT2D eigenvalue weighted by Crippen LogP contribution is -2.02. The van der Waals surface area contributed by atoms with E-state index in [1.54, 1.807) is 6.92 Å². The SMILES string of the molecule is Cc1nc(C2CO2)nn1-c1ccc(F)cc1F. The van der Waals surface area contributed by atoms with Gasteiger partial charge in [-0.2, -0.15) is 0 Å². The predicted molar refractivity (Wildman–Crippen MR) is 54.7 cm³/mol. The van der Waals surface area contributed by atoms with Gasteiger partial charge in [-0.1, -0.05) is 0 Å². The van der Waals surface area contributed by atoms with Crippen molar-refractivity contribution < 1.29 is 13.5 Å². The minimum absolute atomic E-state index is 0.0848. The van der Waals surface area contributed by atoms with Gasteiger partial charge in [0.15, 0.2) is 11.6 Å². The summed E-state index contributed by atoms with van der Waals surface area (Å²) in [6.07, 6.45) is -0.0848. The van der Waals surface area contributed by atoms with Crippen LogP contribution in [0.2, 0.25) is 0 Å². The number of halogens is 2. The quantitative estimate of drug-likeness (QED) is 0.749. The van der Waals surface area contributed by atoms with Gasteiger partial charge in [0.1, 0.15) is 23.4 Å². The fourth-order valence-corrected chi connectivity index (χ4v) is 1.63. The van der Waals surface area contributed by atoms with E-state index in [2.05, 4.69) is 10.1 Å². The van der Waals surface area contributed by atoms with Crippen LogP contribution in [0.25, 0.3) is 5.69 Å². The summed E-state index contributed by atoms with van der Waals surface area (Å²) in [7, 11) is 0. The summed E-state index contributed by atoms with van der Waals surface area (Å²) in [5, 5.41) is 4.15. The minimum Gasteiger partial charge on any atom is -0.365 e. The second-order valence-electron chi connectivity index (χ2n) is 3.85. The molecule has 0 aliphatic carbocycles. The number of benzene rings is 1. The second kappa shape index (κ2) is 3.59. The molecule has 0 saturated carbocycles. The van der Waals surface area contributed by atoms with E-state index in [0.717, 1.165) is 6.07 Å². The van der Waals surface area contributed by atoms with E-state index in [-0.39, 0.29) is 11.8 Å². The standard InChI is InChI=1S/C11H9F2N3O/c1-6-14-11(10-5-17-10)15-16(6)9-3-2-7(12)4-8(9)13/h2-4,10H,5H2,1H3. The monoisotopic (exact) mass is 237 g/mol. The molecular formula is C11H9F2N3O. The van der Waals surface area contributed by atoms with Crippen LogP contribution in [0.1, 0.15) is 17.8 Å². The Kier molecular flexibility index (Phi) is 2.19. The number of aryl methyl sites for hydroxylation is 1. The van der Waals surface area contributed by atoms with Crippen molar-refractivity contribution in [3.8, 4) is 5.69 Å². The van der Waals surface area contributed by atoms with Crippen LogP contribution in [0.4, 0.5) is 8.78 Å². The maximum atomic E-state index is 13.6.